The molecule has 5 nitrogen and oxygen atoms in total. The third kappa shape index (κ3) is 3.29. The van der Waals surface area contributed by atoms with E-state index in [-0.39, 0.29) is 0 Å². The molecule has 0 aliphatic heterocycles. The van der Waals surface area contributed by atoms with Gasteiger partial charge in [-0.25, -0.2) is 10.1 Å². The molecule has 0 N–H and O–H groups in total. The van der Waals surface area contributed by atoms with Gasteiger partial charge < -0.3 is 4.90 Å². The smallest absolute Gasteiger partial charge is 0.236 e. The quantitative estimate of drug-likeness (QED) is 0.244. The summed E-state index contributed by atoms with van der Waals surface area (Å²) in [6.07, 6.45) is 1.74. The van der Waals surface area contributed by atoms with Crippen molar-refractivity contribution >= 4 is 16.9 Å². The van der Waals surface area contributed by atoms with Gasteiger partial charge in [0, 0.05) is 14.1 Å². The lowest BCUT2D eigenvalue weighted by Crippen LogP contribution is -2.19. The van der Waals surface area contributed by atoms with Crippen molar-refractivity contribution in [2.45, 2.75) is 0 Å². The Morgan fingerprint density at radius 3 is 2.30 bits per heavy atom. The van der Waals surface area contributed by atoms with Crippen LogP contribution < -0.4 is 0 Å². The number of rotatable bonds is 1. The molecular weight excluding hydrogens is 154 g/mol. The van der Waals surface area contributed by atoms with E-state index in [0.29, 0.717) is 5.17 Å². The Kier molecular flexibility index (Phi) is 3.78. The molecule has 10 heavy (non-hydrogen) atoms. The molecule has 0 unspecified atom stereocenters. The first-order chi connectivity index (χ1) is 4.57. The molecule has 0 radical (unpaired) electrons. The third-order valence-corrected chi connectivity index (χ3v) is 1.54. The normalized spacial score (nSPS) is 11.3. The summed E-state index contributed by atoms with van der Waals surface area (Å²) in [6.45, 7) is 0. The fraction of sp³-hybridized carbons (Fsp3) is 0.750. The highest BCUT2D eigenvalue weighted by Gasteiger charge is 2.03. The lowest BCUT2D eigenvalue weighted by Gasteiger charge is -2.07. The van der Waals surface area contributed by atoms with E-state index in [2.05, 4.69) is 5.10 Å². The van der Waals surface area contributed by atoms with Crippen molar-refractivity contribution in [1.29, 1.82) is 0 Å². The zero-order chi connectivity index (χ0) is 8.15. The van der Waals surface area contributed by atoms with Crippen LogP contribution in [-0.4, -0.2) is 35.5 Å². The molecule has 0 rings (SSSR count). The molecule has 0 fully saturated rings. The fourth-order valence-corrected chi connectivity index (χ4v) is 0.896. The molecule has 0 heterocycles. The Bertz CT molecular complexity index is 157. The maximum atomic E-state index is 9.85. The van der Waals surface area contributed by atoms with E-state index in [9.17, 15) is 10.1 Å². The van der Waals surface area contributed by atoms with Crippen molar-refractivity contribution in [3.05, 3.63) is 10.1 Å². The molecule has 0 saturated heterocycles. The highest BCUT2D eigenvalue weighted by atomic mass is 32.2. The Hall–Kier alpha value is -0.780. The van der Waals surface area contributed by atoms with Gasteiger partial charge in [0.15, 0.2) is 5.03 Å². The number of hydrogen-bond acceptors (Lipinski definition) is 3. The van der Waals surface area contributed by atoms with Gasteiger partial charge in [0.25, 0.3) is 0 Å². The molecule has 0 bridgehead atoms. The van der Waals surface area contributed by atoms with Crippen LogP contribution in [0.5, 0.6) is 0 Å². The Labute approximate surface area is 63.2 Å². The van der Waals surface area contributed by atoms with Crippen molar-refractivity contribution in [3.63, 3.8) is 0 Å². The van der Waals surface area contributed by atoms with E-state index in [1.165, 1.54) is 11.8 Å². The summed E-state index contributed by atoms with van der Waals surface area (Å²) in [6, 6.07) is 0. The summed E-state index contributed by atoms with van der Waals surface area (Å²) in [7, 11) is 3.41. The van der Waals surface area contributed by atoms with Crippen molar-refractivity contribution in [3.8, 4) is 0 Å². The molecule has 0 aromatic rings. The van der Waals surface area contributed by atoms with Crippen LogP contribution in [0.15, 0.2) is 5.10 Å². The molecule has 0 atom stereocenters. The maximum Gasteiger partial charge on any atom is 0.236 e. The van der Waals surface area contributed by atoms with Crippen LogP contribution in [-0.2, 0) is 0 Å². The highest BCUT2D eigenvalue weighted by molar-refractivity contribution is 8.13. The summed E-state index contributed by atoms with van der Waals surface area (Å²) in [5.41, 5.74) is 0. The predicted octanol–water partition coefficient (Wildman–Crippen LogP) is 0.459. The van der Waals surface area contributed by atoms with Gasteiger partial charge in [0.2, 0.25) is 5.17 Å². The molecule has 0 amide bonds. The zero-order valence-corrected chi connectivity index (χ0v) is 6.88. The Balaban J connectivity index is 4.18. The van der Waals surface area contributed by atoms with Crippen LogP contribution in [0.3, 0.4) is 0 Å². The number of nitro groups is 1. The van der Waals surface area contributed by atoms with E-state index in [1.54, 1.807) is 25.3 Å². The minimum atomic E-state index is -0.703. The number of amidine groups is 1. The van der Waals surface area contributed by atoms with Crippen LogP contribution in [0, 0.1) is 10.1 Å². The Morgan fingerprint density at radius 1 is 1.70 bits per heavy atom. The lowest BCUT2D eigenvalue weighted by molar-refractivity contribution is -0.485. The standard InChI is InChI=1S/C4H9N3O2S/c1-6(2)4(10-3)5-7(8)9/h1-3H3/b5-4-. The average Bonchev–Trinajstić information content (AvgIpc) is 1.81. The number of hydrogen-bond donors (Lipinski definition) is 0. The monoisotopic (exact) mass is 163 g/mol. The minimum Gasteiger partial charge on any atom is -0.352 e. The second-order valence-corrected chi connectivity index (χ2v) is 2.49. The molecule has 58 valence electrons. The predicted molar refractivity (Wildman–Crippen MR) is 41.6 cm³/mol. The first-order valence-corrected chi connectivity index (χ1v) is 3.74. The van der Waals surface area contributed by atoms with Crippen LogP contribution >= 0.6 is 11.8 Å². The third-order valence-electron chi connectivity index (χ3n) is 0.732. The fourth-order valence-electron chi connectivity index (χ4n) is 0.383. The van der Waals surface area contributed by atoms with E-state index >= 15 is 0 Å². The second kappa shape index (κ2) is 4.10. The first kappa shape index (κ1) is 9.22. The van der Waals surface area contributed by atoms with E-state index in [0.717, 1.165) is 0 Å². The number of nitrogens with zero attached hydrogens (tertiary/aromatic N) is 3. The van der Waals surface area contributed by atoms with Crippen LogP contribution in [0.4, 0.5) is 0 Å². The maximum absolute atomic E-state index is 9.85. The lowest BCUT2D eigenvalue weighted by atomic mass is 10.9. The SMILES string of the molecule is CS/C(=N\[N+](=O)[O-])N(C)C. The number of thioether (sulfide) groups is 1. The van der Waals surface area contributed by atoms with Crippen molar-refractivity contribution < 1.29 is 5.03 Å². The Morgan fingerprint density at radius 2 is 2.20 bits per heavy atom. The van der Waals surface area contributed by atoms with Gasteiger partial charge in [-0.1, -0.05) is 11.8 Å². The molecule has 0 aliphatic rings. The molecule has 0 saturated carbocycles. The summed E-state index contributed by atoms with van der Waals surface area (Å²) in [4.78, 5) is 11.4. The van der Waals surface area contributed by atoms with Crippen LogP contribution in [0.25, 0.3) is 0 Å². The number of hydrazone groups is 1. The highest BCUT2D eigenvalue weighted by Crippen LogP contribution is 2.00. The van der Waals surface area contributed by atoms with Gasteiger partial charge in [-0.15, -0.1) is 0 Å². The van der Waals surface area contributed by atoms with Gasteiger partial charge in [-0.2, -0.15) is 0 Å². The molecule has 6 heteroatoms. The largest absolute Gasteiger partial charge is 0.352 e. The molecular formula is C4H9N3O2S. The van der Waals surface area contributed by atoms with Gasteiger partial charge in [0.05, 0.1) is 5.10 Å². The van der Waals surface area contributed by atoms with Gasteiger partial charge in [0.1, 0.15) is 0 Å². The minimum absolute atomic E-state index is 0.394. The van der Waals surface area contributed by atoms with E-state index in [4.69, 9.17) is 0 Å². The summed E-state index contributed by atoms with van der Waals surface area (Å²) in [5.74, 6) is 0. The van der Waals surface area contributed by atoms with Crippen LogP contribution in [0.2, 0.25) is 0 Å². The topological polar surface area (TPSA) is 58.7 Å². The van der Waals surface area contributed by atoms with Gasteiger partial charge in [-0.3, -0.25) is 0 Å². The molecule has 0 aromatic heterocycles. The van der Waals surface area contributed by atoms with Crippen molar-refractivity contribution in [2.75, 3.05) is 20.4 Å². The molecule has 0 aliphatic carbocycles. The van der Waals surface area contributed by atoms with Gasteiger partial charge in [-0.05, 0) is 6.26 Å². The molecule has 0 spiro atoms. The van der Waals surface area contributed by atoms with Crippen LogP contribution in [0.1, 0.15) is 0 Å². The van der Waals surface area contributed by atoms with Crippen molar-refractivity contribution in [1.82, 2.24) is 4.90 Å². The second-order valence-electron chi connectivity index (χ2n) is 1.72. The summed E-state index contributed by atoms with van der Waals surface area (Å²) >= 11 is 1.24. The van der Waals surface area contributed by atoms with E-state index in [1.807, 2.05) is 0 Å². The van der Waals surface area contributed by atoms with Crippen molar-refractivity contribution in [2.24, 2.45) is 5.10 Å². The zero-order valence-electron chi connectivity index (χ0n) is 6.07. The first-order valence-electron chi connectivity index (χ1n) is 2.52. The summed E-state index contributed by atoms with van der Waals surface area (Å²) < 4.78 is 0. The summed E-state index contributed by atoms with van der Waals surface area (Å²) in [5, 5.41) is 12.7. The van der Waals surface area contributed by atoms with Gasteiger partial charge >= 0.3 is 0 Å². The average molecular weight is 163 g/mol. The molecule has 0 aromatic carbocycles. The van der Waals surface area contributed by atoms with E-state index < -0.39 is 5.03 Å².